The van der Waals surface area contributed by atoms with Crippen molar-refractivity contribution in [2.45, 2.75) is 6.42 Å². The van der Waals surface area contributed by atoms with Crippen LogP contribution in [0.1, 0.15) is 12.0 Å². The first-order valence-corrected chi connectivity index (χ1v) is 4.39. The molecule has 2 heteroatoms. The van der Waals surface area contributed by atoms with Crippen LogP contribution >= 0.6 is 0 Å². The standard InChI is InChI=1S/C10H7N.Ru/c1-9(7-8-11)10-5-3-2-4-6-10;/h2-6H,7H2;/q;+1. The van der Waals surface area contributed by atoms with Crippen molar-refractivity contribution in [2.75, 3.05) is 0 Å². The van der Waals surface area contributed by atoms with Gasteiger partial charge in [0.25, 0.3) is 0 Å². The normalized spacial score (nSPS) is 8.25. The van der Waals surface area contributed by atoms with Crippen LogP contribution in [0.15, 0.2) is 30.3 Å². The Balaban J connectivity index is 2.99. The molecule has 12 heavy (non-hydrogen) atoms. The number of hydrogen-bond donors (Lipinski definition) is 0. The summed E-state index contributed by atoms with van der Waals surface area (Å²) in [6.07, 6.45) is 0.414. The van der Waals surface area contributed by atoms with Crippen LogP contribution in [0.25, 0.3) is 5.57 Å². The molecular weight excluding hydrogens is 235 g/mol. The summed E-state index contributed by atoms with van der Waals surface area (Å²) in [5.74, 6) is 0. The zero-order valence-electron chi connectivity index (χ0n) is 6.39. The van der Waals surface area contributed by atoms with E-state index in [1.807, 2.05) is 30.3 Å². The van der Waals surface area contributed by atoms with Gasteiger partial charge in [-0.25, -0.2) is 0 Å². The van der Waals surface area contributed by atoms with Gasteiger partial charge in [0.1, 0.15) is 0 Å². The first-order valence-electron chi connectivity index (χ1n) is 3.52. The summed E-state index contributed by atoms with van der Waals surface area (Å²) < 4.78 is 2.94. The molecule has 0 aromatic heterocycles. The van der Waals surface area contributed by atoms with Crippen LogP contribution in [0.3, 0.4) is 0 Å². The van der Waals surface area contributed by atoms with Crippen LogP contribution in [0, 0.1) is 11.3 Å². The Bertz CT molecular complexity index is 342. The topological polar surface area (TPSA) is 23.8 Å². The van der Waals surface area contributed by atoms with Gasteiger partial charge in [0.05, 0.1) is 0 Å². The summed E-state index contributed by atoms with van der Waals surface area (Å²) >= 11 is 2.31. The molecule has 59 valence electrons. The van der Waals surface area contributed by atoms with Crippen LogP contribution in [0.5, 0.6) is 0 Å². The van der Waals surface area contributed by atoms with Gasteiger partial charge in [0.15, 0.2) is 0 Å². The molecule has 1 rings (SSSR count). The van der Waals surface area contributed by atoms with Gasteiger partial charge in [-0.2, -0.15) is 0 Å². The van der Waals surface area contributed by atoms with Crippen LogP contribution < -0.4 is 0 Å². The minimum absolute atomic E-state index is 0.414. The second-order valence-electron chi connectivity index (χ2n) is 2.27. The third-order valence-corrected chi connectivity index (χ3v) is 2.01. The van der Waals surface area contributed by atoms with Gasteiger partial charge in [0, 0.05) is 0 Å². The number of allylic oxidation sites excluding steroid dienone is 1. The Morgan fingerprint density at radius 1 is 1.33 bits per heavy atom. The zero-order valence-corrected chi connectivity index (χ0v) is 8.13. The first kappa shape index (κ1) is 9.07. The summed E-state index contributed by atoms with van der Waals surface area (Å²) in [6.45, 7) is 0. The van der Waals surface area contributed by atoms with E-state index in [2.05, 4.69) is 28.2 Å². The van der Waals surface area contributed by atoms with E-state index in [0.29, 0.717) is 6.42 Å². The van der Waals surface area contributed by atoms with E-state index in [-0.39, 0.29) is 0 Å². The van der Waals surface area contributed by atoms with E-state index in [9.17, 15) is 0 Å². The average Bonchev–Trinajstić information content (AvgIpc) is 2.15. The molecule has 0 unspecified atom stereocenters. The third-order valence-electron chi connectivity index (χ3n) is 1.48. The van der Waals surface area contributed by atoms with Crippen LogP contribution in [0.4, 0.5) is 0 Å². The van der Waals surface area contributed by atoms with Crippen molar-refractivity contribution in [3.05, 3.63) is 35.9 Å². The number of nitriles is 1. The Morgan fingerprint density at radius 3 is 2.50 bits per heavy atom. The molecule has 0 saturated heterocycles. The Kier molecular flexibility index (Phi) is 3.61. The fraction of sp³-hybridized carbons (Fsp3) is 0.100. The maximum atomic E-state index is 8.51. The molecule has 0 heterocycles. The fourth-order valence-electron chi connectivity index (χ4n) is 0.903. The molecule has 0 radical (unpaired) electrons. The van der Waals surface area contributed by atoms with Crippen molar-refractivity contribution in [3.8, 4) is 6.07 Å². The number of benzene rings is 1. The number of nitrogens with zero attached hydrogens (tertiary/aromatic N) is 1. The van der Waals surface area contributed by atoms with Gasteiger partial charge in [-0.3, -0.25) is 0 Å². The van der Waals surface area contributed by atoms with Gasteiger partial charge in [-0.1, -0.05) is 0 Å². The van der Waals surface area contributed by atoms with Crippen LogP contribution in [-0.2, 0) is 17.9 Å². The van der Waals surface area contributed by atoms with Gasteiger partial charge < -0.3 is 0 Å². The van der Waals surface area contributed by atoms with Gasteiger partial charge in [-0.15, -0.1) is 0 Å². The van der Waals surface area contributed by atoms with Crippen LogP contribution in [0.2, 0.25) is 0 Å². The van der Waals surface area contributed by atoms with E-state index in [1.165, 1.54) is 0 Å². The first-order chi connectivity index (χ1) is 5.88. The average molecular weight is 242 g/mol. The van der Waals surface area contributed by atoms with E-state index in [1.54, 1.807) is 0 Å². The zero-order chi connectivity index (χ0) is 8.81. The molecule has 0 amide bonds. The molecule has 1 aromatic carbocycles. The molecule has 0 aliphatic rings. The van der Waals surface area contributed by atoms with Crippen molar-refractivity contribution in [1.82, 2.24) is 0 Å². The number of rotatable bonds is 2. The van der Waals surface area contributed by atoms with E-state index in [4.69, 9.17) is 5.26 Å². The number of hydrogen-bond acceptors (Lipinski definition) is 1. The quantitative estimate of drug-likeness (QED) is 0.727. The molecule has 0 N–H and O–H groups in total. The summed E-state index contributed by atoms with van der Waals surface area (Å²) in [5.41, 5.74) is 2.01. The summed E-state index contributed by atoms with van der Waals surface area (Å²) in [6, 6.07) is 11.9. The molecule has 0 aliphatic heterocycles. The Labute approximate surface area is 81.5 Å². The van der Waals surface area contributed by atoms with E-state index in [0.717, 1.165) is 11.1 Å². The minimum atomic E-state index is 0.414. The predicted octanol–water partition coefficient (Wildman–Crippen LogP) is 1.93. The van der Waals surface area contributed by atoms with Crippen molar-refractivity contribution in [2.24, 2.45) is 0 Å². The Hall–Kier alpha value is -1.02. The molecule has 0 aliphatic carbocycles. The van der Waals surface area contributed by atoms with Gasteiger partial charge in [0.2, 0.25) is 0 Å². The SMILES string of the molecule is N#CCC(=[C]=[Ru+])c1ccccc1. The van der Waals surface area contributed by atoms with Crippen LogP contribution in [-0.4, -0.2) is 4.26 Å². The second kappa shape index (κ2) is 4.78. The maximum absolute atomic E-state index is 8.51. The second-order valence-corrected chi connectivity index (χ2v) is 2.70. The summed E-state index contributed by atoms with van der Waals surface area (Å²) in [5, 5.41) is 8.51. The van der Waals surface area contributed by atoms with Crippen molar-refractivity contribution < 1.29 is 17.9 Å². The monoisotopic (exact) mass is 243 g/mol. The van der Waals surface area contributed by atoms with Crippen molar-refractivity contribution >= 4 is 9.84 Å². The molecule has 0 bridgehead atoms. The molecule has 1 aromatic rings. The fourth-order valence-corrected chi connectivity index (χ4v) is 1.31. The van der Waals surface area contributed by atoms with Gasteiger partial charge in [-0.05, 0) is 0 Å². The predicted molar refractivity (Wildman–Crippen MR) is 45.1 cm³/mol. The molecule has 0 fully saturated rings. The molecule has 1 nitrogen and oxygen atoms in total. The van der Waals surface area contributed by atoms with E-state index >= 15 is 0 Å². The molecule has 0 atom stereocenters. The molecule has 0 saturated carbocycles. The van der Waals surface area contributed by atoms with Crippen molar-refractivity contribution in [1.29, 1.82) is 5.26 Å². The Morgan fingerprint density at radius 2 is 2.00 bits per heavy atom. The van der Waals surface area contributed by atoms with Gasteiger partial charge >= 0.3 is 81.3 Å². The summed E-state index contributed by atoms with van der Waals surface area (Å²) in [7, 11) is 0. The molecular formula is C10H7NRu+. The summed E-state index contributed by atoms with van der Waals surface area (Å²) in [4.78, 5) is 0. The third kappa shape index (κ3) is 2.24. The molecule has 0 spiro atoms. The van der Waals surface area contributed by atoms with Crippen molar-refractivity contribution in [3.63, 3.8) is 0 Å². The van der Waals surface area contributed by atoms with E-state index < -0.39 is 0 Å².